The molecular formula is C24H21N3O2. The van der Waals surface area contributed by atoms with E-state index in [0.717, 1.165) is 22.3 Å². The molecule has 0 aliphatic rings. The minimum absolute atomic E-state index is 0.261. The van der Waals surface area contributed by atoms with Crippen molar-refractivity contribution in [3.63, 3.8) is 0 Å². The number of hydrogen-bond acceptors (Lipinski definition) is 4. The number of aryl methyl sites for hydroxylation is 3. The number of para-hydroxylation sites is 1. The standard InChI is InChI=1S/C24H21N3O2/c1-15-11-12-19(13-16(15)2)26-24-20(14-18-8-4-5-9-21(18)29-24)23(28)27-22-10-6-7-17(3)25-22/h4-14H,1-3H3,(H,25,27,28). The SMILES string of the molecule is Cc1cccc(NC(=O)c2cc3ccccc3oc2=Nc2ccc(C)c(C)c2)n1. The van der Waals surface area contributed by atoms with Crippen LogP contribution in [0.3, 0.4) is 0 Å². The van der Waals surface area contributed by atoms with Gasteiger partial charge in [-0.25, -0.2) is 9.98 Å². The molecule has 0 fully saturated rings. The largest absolute Gasteiger partial charge is 0.438 e. The van der Waals surface area contributed by atoms with Gasteiger partial charge in [0.2, 0.25) is 5.55 Å². The molecule has 1 N–H and O–H groups in total. The Bertz CT molecular complexity index is 1290. The third-order valence-corrected chi connectivity index (χ3v) is 4.75. The Morgan fingerprint density at radius 1 is 0.931 bits per heavy atom. The van der Waals surface area contributed by atoms with Crippen molar-refractivity contribution in [2.24, 2.45) is 4.99 Å². The summed E-state index contributed by atoms with van der Waals surface area (Å²) in [7, 11) is 0. The summed E-state index contributed by atoms with van der Waals surface area (Å²) in [5.41, 5.74) is 5.15. The maximum Gasteiger partial charge on any atom is 0.262 e. The molecule has 0 bridgehead atoms. The van der Waals surface area contributed by atoms with E-state index in [1.807, 2.05) is 75.4 Å². The van der Waals surface area contributed by atoms with Crippen molar-refractivity contribution in [3.05, 3.63) is 94.7 Å². The molecule has 0 aliphatic heterocycles. The first-order valence-corrected chi connectivity index (χ1v) is 9.39. The normalized spacial score (nSPS) is 11.6. The van der Waals surface area contributed by atoms with Gasteiger partial charge in [0.05, 0.1) is 5.69 Å². The number of nitrogens with zero attached hydrogens (tertiary/aromatic N) is 2. The molecule has 0 spiro atoms. The first-order chi connectivity index (χ1) is 14.0. The lowest BCUT2D eigenvalue weighted by Crippen LogP contribution is -2.22. The third-order valence-electron chi connectivity index (χ3n) is 4.75. The van der Waals surface area contributed by atoms with E-state index >= 15 is 0 Å². The average molecular weight is 383 g/mol. The average Bonchev–Trinajstić information content (AvgIpc) is 2.70. The van der Waals surface area contributed by atoms with Gasteiger partial charge in [-0.3, -0.25) is 4.79 Å². The van der Waals surface area contributed by atoms with Gasteiger partial charge in [-0.2, -0.15) is 0 Å². The Labute approximate surface area is 168 Å². The van der Waals surface area contributed by atoms with E-state index in [4.69, 9.17) is 4.42 Å². The molecule has 0 saturated heterocycles. The summed E-state index contributed by atoms with van der Waals surface area (Å²) in [5.74, 6) is 0.167. The van der Waals surface area contributed by atoms with E-state index in [0.29, 0.717) is 17.0 Å². The minimum atomic E-state index is -0.319. The Morgan fingerprint density at radius 2 is 1.76 bits per heavy atom. The van der Waals surface area contributed by atoms with Crippen LogP contribution in [0, 0.1) is 20.8 Å². The molecule has 0 unspecified atom stereocenters. The lowest BCUT2D eigenvalue weighted by molar-refractivity contribution is 0.102. The van der Waals surface area contributed by atoms with E-state index in [1.165, 1.54) is 5.56 Å². The van der Waals surface area contributed by atoms with Crippen LogP contribution in [0.2, 0.25) is 0 Å². The van der Waals surface area contributed by atoms with Gasteiger partial charge in [-0.1, -0.05) is 30.3 Å². The van der Waals surface area contributed by atoms with E-state index in [-0.39, 0.29) is 11.5 Å². The Kier molecular flexibility index (Phi) is 4.96. The smallest absolute Gasteiger partial charge is 0.262 e. The second-order valence-corrected chi connectivity index (χ2v) is 7.00. The predicted molar refractivity (Wildman–Crippen MR) is 114 cm³/mol. The summed E-state index contributed by atoms with van der Waals surface area (Å²) < 4.78 is 6.00. The van der Waals surface area contributed by atoms with Crippen molar-refractivity contribution in [1.29, 1.82) is 0 Å². The molecule has 4 rings (SSSR count). The number of aromatic nitrogens is 1. The Balaban J connectivity index is 1.84. The summed E-state index contributed by atoms with van der Waals surface area (Å²) in [5, 5.41) is 3.67. The van der Waals surface area contributed by atoms with Gasteiger partial charge in [0.25, 0.3) is 5.91 Å². The summed E-state index contributed by atoms with van der Waals surface area (Å²) in [6, 6.07) is 20.7. The highest BCUT2D eigenvalue weighted by Gasteiger charge is 2.14. The van der Waals surface area contributed by atoms with Crippen LogP contribution in [-0.4, -0.2) is 10.9 Å². The molecule has 5 nitrogen and oxygen atoms in total. The number of amides is 1. The van der Waals surface area contributed by atoms with Crippen LogP contribution in [0.1, 0.15) is 27.2 Å². The summed E-state index contributed by atoms with van der Waals surface area (Å²) >= 11 is 0. The summed E-state index contributed by atoms with van der Waals surface area (Å²) in [4.78, 5) is 22.0. The molecule has 2 aromatic heterocycles. The van der Waals surface area contributed by atoms with Gasteiger partial charge in [0, 0.05) is 11.1 Å². The maximum atomic E-state index is 13.0. The predicted octanol–water partition coefficient (Wildman–Crippen LogP) is 5.24. The Morgan fingerprint density at radius 3 is 2.55 bits per heavy atom. The highest BCUT2D eigenvalue weighted by molar-refractivity contribution is 6.04. The van der Waals surface area contributed by atoms with Crippen LogP contribution >= 0.6 is 0 Å². The fourth-order valence-electron chi connectivity index (χ4n) is 3.02. The van der Waals surface area contributed by atoms with Gasteiger partial charge < -0.3 is 9.73 Å². The quantitative estimate of drug-likeness (QED) is 0.526. The fraction of sp³-hybridized carbons (Fsp3) is 0.125. The topological polar surface area (TPSA) is 67.5 Å². The minimum Gasteiger partial charge on any atom is -0.438 e. The van der Waals surface area contributed by atoms with E-state index < -0.39 is 0 Å². The number of fused-ring (bicyclic) bond motifs is 1. The first-order valence-electron chi connectivity index (χ1n) is 9.39. The lowest BCUT2D eigenvalue weighted by atomic mass is 10.1. The zero-order chi connectivity index (χ0) is 20.4. The maximum absolute atomic E-state index is 13.0. The van der Waals surface area contributed by atoms with Gasteiger partial charge in [-0.15, -0.1) is 0 Å². The molecule has 2 aromatic carbocycles. The summed E-state index contributed by atoms with van der Waals surface area (Å²) in [6.07, 6.45) is 0. The number of carbonyl (C=O) groups excluding carboxylic acids is 1. The Hall–Kier alpha value is -3.73. The summed E-state index contributed by atoms with van der Waals surface area (Å²) in [6.45, 7) is 5.96. The van der Waals surface area contributed by atoms with Crippen molar-refractivity contribution < 1.29 is 9.21 Å². The fourth-order valence-corrected chi connectivity index (χ4v) is 3.02. The molecule has 144 valence electrons. The number of carbonyl (C=O) groups is 1. The van der Waals surface area contributed by atoms with Crippen LogP contribution < -0.4 is 10.9 Å². The monoisotopic (exact) mass is 383 g/mol. The molecule has 4 aromatic rings. The lowest BCUT2D eigenvalue weighted by Gasteiger charge is -2.07. The zero-order valence-electron chi connectivity index (χ0n) is 16.6. The number of hydrogen-bond donors (Lipinski definition) is 1. The van der Waals surface area contributed by atoms with E-state index in [1.54, 1.807) is 12.1 Å². The van der Waals surface area contributed by atoms with Gasteiger partial charge in [-0.05, 0) is 68.3 Å². The van der Waals surface area contributed by atoms with Crippen LogP contribution in [0.4, 0.5) is 11.5 Å². The zero-order valence-corrected chi connectivity index (χ0v) is 16.6. The van der Waals surface area contributed by atoms with E-state index in [9.17, 15) is 4.79 Å². The third kappa shape index (κ3) is 4.09. The van der Waals surface area contributed by atoms with Gasteiger partial charge >= 0.3 is 0 Å². The number of pyridine rings is 1. The molecule has 2 heterocycles. The van der Waals surface area contributed by atoms with Crippen molar-refractivity contribution in [2.45, 2.75) is 20.8 Å². The second kappa shape index (κ2) is 7.72. The number of anilines is 1. The molecule has 0 aliphatic carbocycles. The van der Waals surface area contributed by atoms with Crippen molar-refractivity contribution in [1.82, 2.24) is 4.98 Å². The van der Waals surface area contributed by atoms with Crippen LogP contribution in [-0.2, 0) is 0 Å². The van der Waals surface area contributed by atoms with Crippen LogP contribution in [0.25, 0.3) is 11.0 Å². The molecule has 29 heavy (non-hydrogen) atoms. The molecule has 5 heteroatoms. The van der Waals surface area contributed by atoms with Crippen molar-refractivity contribution >= 4 is 28.4 Å². The second-order valence-electron chi connectivity index (χ2n) is 7.00. The van der Waals surface area contributed by atoms with Crippen LogP contribution in [0.5, 0.6) is 0 Å². The van der Waals surface area contributed by atoms with Crippen LogP contribution in [0.15, 0.2) is 76.1 Å². The number of nitrogens with one attached hydrogen (secondary N) is 1. The number of rotatable bonds is 3. The van der Waals surface area contributed by atoms with E-state index in [2.05, 4.69) is 15.3 Å². The van der Waals surface area contributed by atoms with Crippen molar-refractivity contribution in [3.8, 4) is 0 Å². The highest BCUT2D eigenvalue weighted by Crippen LogP contribution is 2.18. The molecular weight excluding hydrogens is 362 g/mol. The highest BCUT2D eigenvalue weighted by atomic mass is 16.3. The molecule has 0 atom stereocenters. The number of benzene rings is 2. The first kappa shape index (κ1) is 18.6. The van der Waals surface area contributed by atoms with Gasteiger partial charge in [0.15, 0.2) is 0 Å². The van der Waals surface area contributed by atoms with Gasteiger partial charge in [0.1, 0.15) is 17.0 Å². The molecule has 0 radical (unpaired) electrons. The molecule has 1 amide bonds. The molecule has 0 saturated carbocycles. The van der Waals surface area contributed by atoms with Crippen molar-refractivity contribution in [2.75, 3.05) is 5.32 Å².